The summed E-state index contributed by atoms with van der Waals surface area (Å²) in [5, 5.41) is 8.86. The molecule has 1 heterocycles. The number of nitrogens with zero attached hydrogens (tertiary/aromatic N) is 2. The van der Waals surface area contributed by atoms with Gasteiger partial charge in [-0.3, -0.25) is 9.89 Å². The van der Waals surface area contributed by atoms with Gasteiger partial charge in [0.05, 0.1) is 6.04 Å². The van der Waals surface area contributed by atoms with Crippen LogP contribution in [0.4, 0.5) is 8.78 Å². The molecule has 0 fully saturated rings. The Labute approximate surface area is 113 Å². The van der Waals surface area contributed by atoms with Gasteiger partial charge in [-0.25, -0.2) is 13.8 Å². The second kappa shape index (κ2) is 6.09. The lowest BCUT2D eigenvalue weighted by Gasteiger charge is -2.12. The molecule has 6 nitrogen and oxygen atoms in total. The molecule has 1 atom stereocenters. The summed E-state index contributed by atoms with van der Waals surface area (Å²) in [5.74, 6) is -1.72. The standard InChI is InChI=1S/C12H12F2N4O2/c1-7(12-15-6-16-18-12)17-11(19)5-20-10-3-2-8(13)4-9(10)14/h2-4,6-7H,5H2,1H3,(H,17,19)(H,15,16,18). The summed E-state index contributed by atoms with van der Waals surface area (Å²) < 4.78 is 30.9. The summed E-state index contributed by atoms with van der Waals surface area (Å²) in [6, 6.07) is 2.47. The lowest BCUT2D eigenvalue weighted by atomic mass is 10.3. The van der Waals surface area contributed by atoms with Crippen LogP contribution in [0.1, 0.15) is 18.8 Å². The van der Waals surface area contributed by atoms with Gasteiger partial charge in [0.15, 0.2) is 18.2 Å². The van der Waals surface area contributed by atoms with Gasteiger partial charge in [-0.05, 0) is 19.1 Å². The molecule has 20 heavy (non-hydrogen) atoms. The molecule has 0 aliphatic carbocycles. The fourth-order valence-corrected chi connectivity index (χ4v) is 1.51. The van der Waals surface area contributed by atoms with Crippen molar-refractivity contribution >= 4 is 5.91 Å². The highest BCUT2D eigenvalue weighted by atomic mass is 19.1. The molecule has 1 unspecified atom stereocenters. The molecule has 0 radical (unpaired) electrons. The number of H-pyrrole nitrogens is 1. The van der Waals surface area contributed by atoms with E-state index >= 15 is 0 Å². The zero-order chi connectivity index (χ0) is 14.5. The van der Waals surface area contributed by atoms with Gasteiger partial charge in [-0.15, -0.1) is 0 Å². The van der Waals surface area contributed by atoms with Crippen LogP contribution in [-0.2, 0) is 4.79 Å². The minimum absolute atomic E-state index is 0.186. The van der Waals surface area contributed by atoms with Gasteiger partial charge in [0, 0.05) is 6.07 Å². The van der Waals surface area contributed by atoms with Crippen LogP contribution in [0, 0.1) is 11.6 Å². The number of hydrogen-bond acceptors (Lipinski definition) is 4. The van der Waals surface area contributed by atoms with Crippen molar-refractivity contribution < 1.29 is 18.3 Å². The fourth-order valence-electron chi connectivity index (χ4n) is 1.51. The molecule has 8 heteroatoms. The number of carbonyl (C=O) groups is 1. The van der Waals surface area contributed by atoms with Crippen LogP contribution in [0.5, 0.6) is 5.75 Å². The Balaban J connectivity index is 1.86. The number of halogens is 2. The van der Waals surface area contributed by atoms with Crippen molar-refractivity contribution in [1.29, 1.82) is 0 Å². The number of hydrogen-bond donors (Lipinski definition) is 2. The third-order valence-electron chi connectivity index (χ3n) is 2.47. The van der Waals surface area contributed by atoms with Crippen molar-refractivity contribution in [2.24, 2.45) is 0 Å². The number of aromatic amines is 1. The molecule has 106 valence electrons. The Hall–Kier alpha value is -2.51. The highest BCUT2D eigenvalue weighted by Gasteiger charge is 2.13. The van der Waals surface area contributed by atoms with Crippen molar-refractivity contribution in [2.75, 3.05) is 6.61 Å². The summed E-state index contributed by atoms with van der Waals surface area (Å²) >= 11 is 0. The first kappa shape index (κ1) is 13.9. The topological polar surface area (TPSA) is 79.9 Å². The maximum atomic E-state index is 13.3. The van der Waals surface area contributed by atoms with E-state index in [4.69, 9.17) is 4.74 Å². The molecule has 0 aliphatic heterocycles. The zero-order valence-corrected chi connectivity index (χ0v) is 10.6. The van der Waals surface area contributed by atoms with Crippen molar-refractivity contribution in [3.8, 4) is 5.75 Å². The molecule has 0 aliphatic rings. The number of amides is 1. The van der Waals surface area contributed by atoms with Gasteiger partial charge in [-0.1, -0.05) is 0 Å². The quantitative estimate of drug-likeness (QED) is 0.867. The van der Waals surface area contributed by atoms with Crippen LogP contribution in [0.2, 0.25) is 0 Å². The normalized spacial score (nSPS) is 11.9. The van der Waals surface area contributed by atoms with Crippen molar-refractivity contribution in [3.63, 3.8) is 0 Å². The molecule has 1 aromatic carbocycles. The van der Waals surface area contributed by atoms with E-state index < -0.39 is 17.5 Å². The number of carbonyl (C=O) groups excluding carboxylic acids is 1. The van der Waals surface area contributed by atoms with Crippen LogP contribution < -0.4 is 10.1 Å². The Morgan fingerprint density at radius 2 is 2.30 bits per heavy atom. The second-order valence-corrected chi connectivity index (χ2v) is 4.02. The van der Waals surface area contributed by atoms with E-state index in [2.05, 4.69) is 20.5 Å². The summed E-state index contributed by atoms with van der Waals surface area (Å²) in [7, 11) is 0. The molecular weight excluding hydrogens is 270 g/mol. The first-order valence-corrected chi connectivity index (χ1v) is 5.78. The maximum Gasteiger partial charge on any atom is 0.258 e. The number of rotatable bonds is 5. The van der Waals surface area contributed by atoms with Crippen molar-refractivity contribution in [1.82, 2.24) is 20.5 Å². The van der Waals surface area contributed by atoms with Gasteiger partial charge in [0.2, 0.25) is 0 Å². The molecule has 2 N–H and O–H groups in total. The van der Waals surface area contributed by atoms with E-state index in [9.17, 15) is 13.6 Å². The minimum atomic E-state index is -0.860. The summed E-state index contributed by atoms with van der Waals surface area (Å²) in [5.41, 5.74) is 0. The van der Waals surface area contributed by atoms with E-state index in [1.165, 1.54) is 6.33 Å². The van der Waals surface area contributed by atoms with Crippen LogP contribution >= 0.6 is 0 Å². The number of nitrogens with one attached hydrogen (secondary N) is 2. The highest BCUT2D eigenvalue weighted by molar-refractivity contribution is 5.77. The molecule has 0 saturated heterocycles. The van der Waals surface area contributed by atoms with Gasteiger partial charge >= 0.3 is 0 Å². The van der Waals surface area contributed by atoms with Crippen molar-refractivity contribution in [2.45, 2.75) is 13.0 Å². The number of ether oxygens (including phenoxy) is 1. The van der Waals surface area contributed by atoms with Crippen LogP contribution in [0.3, 0.4) is 0 Å². The van der Waals surface area contributed by atoms with E-state index in [1.807, 2.05) is 0 Å². The predicted molar refractivity (Wildman–Crippen MR) is 64.8 cm³/mol. The van der Waals surface area contributed by atoms with E-state index in [0.717, 1.165) is 12.1 Å². The molecule has 2 aromatic rings. The predicted octanol–water partition coefficient (Wildman–Crippen LogP) is 1.34. The third kappa shape index (κ3) is 3.50. The summed E-state index contributed by atoms with van der Waals surface area (Å²) in [6.45, 7) is 1.32. The largest absolute Gasteiger partial charge is 0.481 e. The maximum absolute atomic E-state index is 13.3. The minimum Gasteiger partial charge on any atom is -0.481 e. The molecule has 1 amide bonds. The van der Waals surface area contributed by atoms with Gasteiger partial charge in [0.1, 0.15) is 18.0 Å². The molecule has 2 rings (SSSR count). The third-order valence-corrected chi connectivity index (χ3v) is 2.47. The Morgan fingerprint density at radius 1 is 1.50 bits per heavy atom. The number of benzene rings is 1. The fraction of sp³-hybridized carbons (Fsp3) is 0.250. The van der Waals surface area contributed by atoms with Gasteiger partial charge in [-0.2, -0.15) is 5.10 Å². The Morgan fingerprint density at radius 3 is 2.95 bits per heavy atom. The van der Waals surface area contributed by atoms with Crippen LogP contribution in [-0.4, -0.2) is 27.7 Å². The van der Waals surface area contributed by atoms with Gasteiger partial charge in [0.25, 0.3) is 5.91 Å². The Bertz CT molecular complexity index is 589. The highest BCUT2D eigenvalue weighted by Crippen LogP contribution is 2.17. The van der Waals surface area contributed by atoms with Crippen LogP contribution in [0.15, 0.2) is 24.5 Å². The smallest absolute Gasteiger partial charge is 0.258 e. The van der Waals surface area contributed by atoms with E-state index in [1.54, 1.807) is 6.92 Å². The lowest BCUT2D eigenvalue weighted by Crippen LogP contribution is -2.31. The molecule has 0 bridgehead atoms. The molecule has 1 aromatic heterocycles. The molecular formula is C12H12F2N4O2. The molecule has 0 saturated carbocycles. The monoisotopic (exact) mass is 282 g/mol. The first-order valence-electron chi connectivity index (χ1n) is 5.78. The van der Waals surface area contributed by atoms with Crippen molar-refractivity contribution in [3.05, 3.63) is 42.0 Å². The summed E-state index contributed by atoms with van der Waals surface area (Å²) in [6.07, 6.45) is 1.32. The summed E-state index contributed by atoms with van der Waals surface area (Å²) in [4.78, 5) is 15.5. The SMILES string of the molecule is CC(NC(=O)COc1ccc(F)cc1F)c1ncn[nH]1. The second-order valence-electron chi connectivity index (χ2n) is 4.02. The van der Waals surface area contributed by atoms with E-state index in [0.29, 0.717) is 11.9 Å². The average molecular weight is 282 g/mol. The lowest BCUT2D eigenvalue weighted by molar-refractivity contribution is -0.123. The number of aromatic nitrogens is 3. The average Bonchev–Trinajstić information content (AvgIpc) is 2.91. The van der Waals surface area contributed by atoms with E-state index in [-0.39, 0.29) is 18.4 Å². The van der Waals surface area contributed by atoms with Gasteiger partial charge < -0.3 is 10.1 Å². The van der Waals surface area contributed by atoms with Crippen LogP contribution in [0.25, 0.3) is 0 Å². The zero-order valence-electron chi connectivity index (χ0n) is 10.6. The molecule has 0 spiro atoms. The Kier molecular flexibility index (Phi) is 4.24. The first-order chi connectivity index (χ1) is 9.56.